The highest BCUT2D eigenvalue weighted by Crippen LogP contribution is 2.33. The molecule has 0 saturated carbocycles. The third-order valence-corrected chi connectivity index (χ3v) is 4.08. The Morgan fingerprint density at radius 1 is 1.55 bits per heavy atom. The van der Waals surface area contributed by atoms with Crippen molar-refractivity contribution in [3.05, 3.63) is 28.3 Å². The van der Waals surface area contributed by atoms with Gasteiger partial charge in [0.25, 0.3) is 17.7 Å². The average molecular weight is 292 g/mol. The van der Waals surface area contributed by atoms with Crippen LogP contribution in [0.3, 0.4) is 0 Å². The van der Waals surface area contributed by atoms with E-state index in [1.54, 1.807) is 4.90 Å². The minimum Gasteiger partial charge on any atom is -0.344 e. The lowest BCUT2D eigenvalue weighted by Gasteiger charge is -2.21. The number of carbonyl (C=O) groups excluding carboxylic acids is 1. The van der Waals surface area contributed by atoms with Gasteiger partial charge in [-0.25, -0.2) is 0 Å². The van der Waals surface area contributed by atoms with Gasteiger partial charge < -0.3 is 14.3 Å². The first-order valence-electron chi connectivity index (χ1n) is 6.51. The fourth-order valence-corrected chi connectivity index (χ4v) is 2.99. The maximum Gasteiger partial charge on any atom is 0.265 e. The van der Waals surface area contributed by atoms with Crippen molar-refractivity contribution >= 4 is 23.2 Å². The third kappa shape index (κ3) is 2.29. The summed E-state index contributed by atoms with van der Waals surface area (Å²) in [4.78, 5) is 20.4. The molecule has 2 aromatic heterocycles. The van der Waals surface area contributed by atoms with Crippen LogP contribution in [0.5, 0.6) is 0 Å². The van der Waals surface area contributed by atoms with Crippen LogP contribution in [0.1, 0.15) is 35.1 Å². The van der Waals surface area contributed by atoms with E-state index >= 15 is 0 Å². The largest absolute Gasteiger partial charge is 0.344 e. The van der Waals surface area contributed by atoms with Crippen LogP contribution >= 0.6 is 11.3 Å². The molecule has 0 spiro atoms. The van der Waals surface area contributed by atoms with Crippen LogP contribution in [0.4, 0.5) is 5.95 Å². The molecule has 1 atom stereocenters. The Morgan fingerprint density at radius 3 is 3.05 bits per heavy atom. The minimum atomic E-state index is -0.108. The van der Waals surface area contributed by atoms with Gasteiger partial charge in [-0.1, -0.05) is 0 Å². The zero-order chi connectivity index (χ0) is 14.1. The number of rotatable bonds is 3. The van der Waals surface area contributed by atoms with Crippen molar-refractivity contribution in [2.45, 2.75) is 18.9 Å². The molecular formula is C13H16N4O2S. The van der Waals surface area contributed by atoms with E-state index in [4.69, 9.17) is 4.52 Å². The molecule has 0 aromatic carbocycles. The van der Waals surface area contributed by atoms with Crippen molar-refractivity contribution in [1.82, 2.24) is 15.0 Å². The molecule has 1 aliphatic rings. The second-order valence-electron chi connectivity index (χ2n) is 5.00. The summed E-state index contributed by atoms with van der Waals surface area (Å²) in [7, 11) is 3.72. The van der Waals surface area contributed by atoms with E-state index in [1.165, 1.54) is 11.3 Å². The molecule has 2 aromatic rings. The SMILES string of the molecule is CN(C)c1noc([C@@H]2CCCN2C(=O)c2ccsc2)n1. The molecule has 1 amide bonds. The van der Waals surface area contributed by atoms with Crippen LogP contribution in [0.15, 0.2) is 21.3 Å². The molecule has 7 heteroatoms. The number of amides is 1. The number of thiophene rings is 1. The molecular weight excluding hydrogens is 276 g/mol. The van der Waals surface area contributed by atoms with Gasteiger partial charge in [-0.3, -0.25) is 4.79 Å². The highest BCUT2D eigenvalue weighted by atomic mass is 32.1. The predicted octanol–water partition coefficient (Wildman–Crippen LogP) is 2.17. The van der Waals surface area contributed by atoms with Crippen molar-refractivity contribution in [3.63, 3.8) is 0 Å². The molecule has 1 aliphatic heterocycles. The van der Waals surface area contributed by atoms with Crippen molar-refractivity contribution in [3.8, 4) is 0 Å². The lowest BCUT2D eigenvalue weighted by Crippen LogP contribution is -2.30. The van der Waals surface area contributed by atoms with Crippen molar-refractivity contribution < 1.29 is 9.32 Å². The second kappa shape index (κ2) is 5.24. The number of aromatic nitrogens is 2. The molecule has 3 rings (SSSR count). The molecule has 20 heavy (non-hydrogen) atoms. The molecule has 6 nitrogen and oxygen atoms in total. The van der Waals surface area contributed by atoms with Crippen LogP contribution < -0.4 is 4.90 Å². The number of hydrogen-bond acceptors (Lipinski definition) is 6. The summed E-state index contributed by atoms with van der Waals surface area (Å²) in [5.41, 5.74) is 0.731. The summed E-state index contributed by atoms with van der Waals surface area (Å²) in [5, 5.41) is 7.70. The van der Waals surface area contributed by atoms with Gasteiger partial charge in [0, 0.05) is 26.0 Å². The lowest BCUT2D eigenvalue weighted by molar-refractivity contribution is 0.0710. The molecule has 1 saturated heterocycles. The Labute approximate surface area is 121 Å². The number of nitrogens with zero attached hydrogens (tertiary/aromatic N) is 4. The Bertz CT molecular complexity index is 593. The minimum absolute atomic E-state index is 0.0401. The van der Waals surface area contributed by atoms with Gasteiger partial charge in [0.05, 0.1) is 5.56 Å². The number of carbonyl (C=O) groups is 1. The maximum absolute atomic E-state index is 12.5. The normalized spacial score (nSPS) is 18.5. The molecule has 106 valence electrons. The number of likely N-dealkylation sites (tertiary alicyclic amines) is 1. The third-order valence-electron chi connectivity index (χ3n) is 3.40. The van der Waals surface area contributed by atoms with Gasteiger partial charge in [-0.15, -0.1) is 0 Å². The molecule has 0 bridgehead atoms. The van der Waals surface area contributed by atoms with Gasteiger partial charge in [-0.2, -0.15) is 16.3 Å². The van der Waals surface area contributed by atoms with Crippen molar-refractivity contribution in [2.24, 2.45) is 0 Å². The molecule has 0 radical (unpaired) electrons. The van der Waals surface area contributed by atoms with E-state index in [1.807, 2.05) is 35.8 Å². The van der Waals surface area contributed by atoms with Crippen LogP contribution in [0, 0.1) is 0 Å². The van der Waals surface area contributed by atoms with Crippen molar-refractivity contribution in [2.75, 3.05) is 25.5 Å². The smallest absolute Gasteiger partial charge is 0.265 e. The summed E-state index contributed by atoms with van der Waals surface area (Å²) < 4.78 is 5.31. The van der Waals surface area contributed by atoms with Crippen molar-refractivity contribution in [1.29, 1.82) is 0 Å². The van der Waals surface area contributed by atoms with E-state index in [0.29, 0.717) is 11.8 Å². The fourth-order valence-electron chi connectivity index (χ4n) is 2.36. The Kier molecular flexibility index (Phi) is 3.43. The van der Waals surface area contributed by atoms with E-state index in [2.05, 4.69) is 10.1 Å². The first kappa shape index (κ1) is 13.1. The molecule has 0 N–H and O–H groups in total. The monoisotopic (exact) mass is 292 g/mol. The van der Waals surface area contributed by atoms with E-state index in [-0.39, 0.29) is 11.9 Å². The Morgan fingerprint density at radius 2 is 2.40 bits per heavy atom. The van der Waals surface area contributed by atoms with Gasteiger partial charge in [-0.05, 0) is 29.4 Å². The lowest BCUT2D eigenvalue weighted by atomic mass is 10.2. The first-order valence-corrected chi connectivity index (χ1v) is 7.45. The average Bonchev–Trinajstić information content (AvgIpc) is 3.17. The van der Waals surface area contributed by atoms with E-state index < -0.39 is 0 Å². The highest BCUT2D eigenvalue weighted by molar-refractivity contribution is 7.08. The Balaban J connectivity index is 1.83. The maximum atomic E-state index is 12.5. The zero-order valence-corrected chi connectivity index (χ0v) is 12.3. The Hall–Kier alpha value is -1.89. The predicted molar refractivity (Wildman–Crippen MR) is 76.0 cm³/mol. The van der Waals surface area contributed by atoms with Crippen LogP contribution in [0.2, 0.25) is 0 Å². The fraction of sp³-hybridized carbons (Fsp3) is 0.462. The summed E-state index contributed by atoms with van der Waals surface area (Å²) in [6.07, 6.45) is 1.82. The summed E-state index contributed by atoms with van der Waals surface area (Å²) in [6, 6.07) is 1.74. The van der Waals surface area contributed by atoms with Crippen LogP contribution in [-0.2, 0) is 0 Å². The van der Waals surface area contributed by atoms with Gasteiger partial charge in [0.2, 0.25) is 0 Å². The number of hydrogen-bond donors (Lipinski definition) is 0. The molecule has 3 heterocycles. The van der Waals surface area contributed by atoms with E-state index in [0.717, 1.165) is 24.9 Å². The zero-order valence-electron chi connectivity index (χ0n) is 11.4. The summed E-state index contributed by atoms with van der Waals surface area (Å²) in [5.74, 6) is 1.10. The standard InChI is InChI=1S/C13H16N4O2S/c1-16(2)13-14-11(19-15-13)10-4-3-6-17(10)12(18)9-5-7-20-8-9/h5,7-8,10H,3-4,6H2,1-2H3/t10-/m0/s1. The topological polar surface area (TPSA) is 62.5 Å². The van der Waals surface area contributed by atoms with Gasteiger partial charge >= 0.3 is 0 Å². The molecule has 0 aliphatic carbocycles. The number of anilines is 1. The second-order valence-corrected chi connectivity index (χ2v) is 5.78. The van der Waals surface area contributed by atoms with Gasteiger partial charge in [0.15, 0.2) is 0 Å². The molecule has 1 fully saturated rings. The quantitative estimate of drug-likeness (QED) is 0.867. The highest BCUT2D eigenvalue weighted by Gasteiger charge is 2.34. The van der Waals surface area contributed by atoms with Gasteiger partial charge in [0.1, 0.15) is 6.04 Å². The van der Waals surface area contributed by atoms with Crippen LogP contribution in [-0.4, -0.2) is 41.6 Å². The first-order chi connectivity index (χ1) is 9.66. The summed E-state index contributed by atoms with van der Waals surface area (Å²) in [6.45, 7) is 0.735. The molecule has 0 unspecified atom stereocenters. The van der Waals surface area contributed by atoms with Crippen LogP contribution in [0.25, 0.3) is 0 Å². The summed E-state index contributed by atoms with van der Waals surface area (Å²) >= 11 is 1.53. The van der Waals surface area contributed by atoms with E-state index in [9.17, 15) is 4.79 Å².